The van der Waals surface area contributed by atoms with Gasteiger partial charge in [0.2, 0.25) is 11.8 Å². The number of halogens is 3. The molecule has 162 valence electrons. The van der Waals surface area contributed by atoms with Crippen LogP contribution in [-0.4, -0.2) is 51.0 Å². The molecule has 2 N–H and O–H groups in total. The number of ether oxygens (including phenoxy) is 1. The van der Waals surface area contributed by atoms with Crippen molar-refractivity contribution in [2.45, 2.75) is 12.2 Å². The summed E-state index contributed by atoms with van der Waals surface area (Å²) in [6, 6.07) is 4.05. The number of alkyl halides is 3. The third-order valence-corrected chi connectivity index (χ3v) is 4.88. The van der Waals surface area contributed by atoms with Crippen LogP contribution in [0.4, 0.5) is 23.7 Å². The normalized spacial score (nSPS) is 16.5. The first-order valence-electron chi connectivity index (χ1n) is 9.11. The van der Waals surface area contributed by atoms with Gasteiger partial charge in [-0.05, 0) is 6.07 Å². The SMILES string of the molecule is CN1C(=O)NC[C@H]1C(=O)Nc1cc(Oc2ccc(C(F)(F)F)cn2)cc2c1ncn2C. The highest BCUT2D eigenvalue weighted by Crippen LogP contribution is 2.33. The minimum Gasteiger partial charge on any atom is -0.439 e. The smallest absolute Gasteiger partial charge is 0.417 e. The molecule has 3 aromatic rings. The molecule has 0 saturated carbocycles. The number of urea groups is 1. The fourth-order valence-electron chi connectivity index (χ4n) is 3.16. The van der Waals surface area contributed by atoms with E-state index in [1.54, 1.807) is 24.0 Å². The van der Waals surface area contributed by atoms with Crippen LogP contribution in [0.3, 0.4) is 0 Å². The highest BCUT2D eigenvalue weighted by molar-refractivity contribution is 6.04. The average molecular weight is 434 g/mol. The predicted octanol–water partition coefficient (Wildman–Crippen LogP) is 2.74. The Balaban J connectivity index is 1.62. The number of aryl methyl sites for hydroxylation is 1. The molecule has 1 atom stereocenters. The summed E-state index contributed by atoms with van der Waals surface area (Å²) in [5, 5.41) is 5.33. The van der Waals surface area contributed by atoms with Crippen LogP contribution < -0.4 is 15.4 Å². The van der Waals surface area contributed by atoms with E-state index in [0.29, 0.717) is 22.9 Å². The van der Waals surface area contributed by atoms with E-state index in [9.17, 15) is 22.8 Å². The summed E-state index contributed by atoms with van der Waals surface area (Å²) in [7, 11) is 3.26. The van der Waals surface area contributed by atoms with Gasteiger partial charge in [-0.2, -0.15) is 13.2 Å². The monoisotopic (exact) mass is 434 g/mol. The van der Waals surface area contributed by atoms with Crippen LogP contribution in [0.2, 0.25) is 0 Å². The summed E-state index contributed by atoms with van der Waals surface area (Å²) in [4.78, 5) is 33.6. The van der Waals surface area contributed by atoms with Crippen molar-refractivity contribution in [1.29, 1.82) is 0 Å². The Morgan fingerprint density at radius 1 is 1.26 bits per heavy atom. The van der Waals surface area contributed by atoms with Crippen molar-refractivity contribution in [1.82, 2.24) is 24.8 Å². The number of imidazole rings is 1. The number of hydrogen-bond donors (Lipinski definition) is 2. The fourth-order valence-corrected chi connectivity index (χ4v) is 3.16. The van der Waals surface area contributed by atoms with Crippen molar-refractivity contribution >= 4 is 28.7 Å². The van der Waals surface area contributed by atoms with E-state index in [1.165, 1.54) is 18.0 Å². The van der Waals surface area contributed by atoms with Crippen molar-refractivity contribution < 1.29 is 27.5 Å². The molecule has 1 saturated heterocycles. The molecular formula is C19H17F3N6O3. The number of carbonyl (C=O) groups excluding carboxylic acids is 2. The Morgan fingerprint density at radius 3 is 2.65 bits per heavy atom. The molecule has 3 heterocycles. The van der Waals surface area contributed by atoms with Gasteiger partial charge in [-0.25, -0.2) is 14.8 Å². The van der Waals surface area contributed by atoms with E-state index in [2.05, 4.69) is 20.6 Å². The summed E-state index contributed by atoms with van der Waals surface area (Å²) in [5.74, 6) is -0.220. The number of nitrogens with one attached hydrogen (secondary N) is 2. The lowest BCUT2D eigenvalue weighted by molar-refractivity contribution is -0.137. The average Bonchev–Trinajstić information content (AvgIpc) is 3.24. The zero-order valence-corrected chi connectivity index (χ0v) is 16.4. The summed E-state index contributed by atoms with van der Waals surface area (Å²) < 4.78 is 45.5. The number of aromatic nitrogens is 3. The predicted molar refractivity (Wildman–Crippen MR) is 104 cm³/mol. The van der Waals surface area contributed by atoms with Crippen LogP contribution in [-0.2, 0) is 18.0 Å². The first-order chi connectivity index (χ1) is 14.6. The Morgan fingerprint density at radius 2 is 2.03 bits per heavy atom. The number of nitrogens with zero attached hydrogens (tertiary/aromatic N) is 4. The molecule has 31 heavy (non-hydrogen) atoms. The second kappa shape index (κ2) is 7.45. The first-order valence-corrected chi connectivity index (χ1v) is 9.11. The Kier molecular flexibility index (Phi) is 4.91. The molecule has 1 aliphatic heterocycles. The van der Waals surface area contributed by atoms with Gasteiger partial charge in [-0.15, -0.1) is 0 Å². The van der Waals surface area contributed by atoms with Crippen LogP contribution >= 0.6 is 0 Å². The summed E-state index contributed by atoms with van der Waals surface area (Å²) in [6.45, 7) is 0.165. The molecule has 3 amide bonds. The van der Waals surface area contributed by atoms with E-state index in [1.807, 2.05) is 0 Å². The third kappa shape index (κ3) is 3.96. The van der Waals surface area contributed by atoms with Gasteiger partial charge in [0.05, 0.1) is 23.1 Å². The van der Waals surface area contributed by atoms with Crippen LogP contribution in [0.15, 0.2) is 36.8 Å². The lowest BCUT2D eigenvalue weighted by Gasteiger charge is -2.18. The van der Waals surface area contributed by atoms with E-state index < -0.39 is 23.7 Å². The Labute approximate surface area is 173 Å². The van der Waals surface area contributed by atoms with Crippen molar-refractivity contribution in [2.75, 3.05) is 18.9 Å². The van der Waals surface area contributed by atoms with Gasteiger partial charge in [0.25, 0.3) is 0 Å². The zero-order chi connectivity index (χ0) is 22.3. The highest BCUT2D eigenvalue weighted by Gasteiger charge is 2.33. The minimum atomic E-state index is -4.50. The molecule has 2 aromatic heterocycles. The molecule has 4 rings (SSSR count). The Bertz CT molecular complexity index is 1160. The molecule has 0 unspecified atom stereocenters. The molecule has 12 heteroatoms. The fraction of sp³-hybridized carbons (Fsp3) is 0.263. The number of carbonyl (C=O) groups is 2. The Hall–Kier alpha value is -3.83. The van der Waals surface area contributed by atoms with Crippen molar-refractivity contribution in [2.24, 2.45) is 7.05 Å². The van der Waals surface area contributed by atoms with Gasteiger partial charge in [-0.1, -0.05) is 0 Å². The maximum Gasteiger partial charge on any atom is 0.417 e. The number of hydrogen-bond acceptors (Lipinski definition) is 5. The number of benzene rings is 1. The van der Waals surface area contributed by atoms with Crippen LogP contribution in [0.5, 0.6) is 11.6 Å². The maximum absolute atomic E-state index is 12.7. The van der Waals surface area contributed by atoms with Crippen LogP contribution in [0, 0.1) is 0 Å². The van der Waals surface area contributed by atoms with Gasteiger partial charge >= 0.3 is 12.2 Å². The summed E-state index contributed by atoms with van der Waals surface area (Å²) >= 11 is 0. The third-order valence-electron chi connectivity index (χ3n) is 4.88. The second-order valence-corrected chi connectivity index (χ2v) is 6.98. The topological polar surface area (TPSA) is 101 Å². The maximum atomic E-state index is 12.7. The van der Waals surface area contributed by atoms with Crippen LogP contribution in [0.1, 0.15) is 5.56 Å². The molecule has 9 nitrogen and oxygen atoms in total. The quantitative estimate of drug-likeness (QED) is 0.658. The highest BCUT2D eigenvalue weighted by atomic mass is 19.4. The van der Waals surface area contributed by atoms with Crippen molar-refractivity contribution in [3.8, 4) is 11.6 Å². The molecule has 1 fully saturated rings. The summed E-state index contributed by atoms with van der Waals surface area (Å²) in [5.41, 5.74) is 0.550. The standard InChI is InChI=1S/C19H17F3N6O3/c1-27-9-25-16-12(26-17(29)14-8-24-18(30)28(14)2)5-11(6-13(16)27)31-15-4-3-10(7-23-15)19(20,21)22/h3-7,9,14H,8H2,1-2H3,(H,24,30)(H,26,29)/t14-/m0/s1. The summed E-state index contributed by atoms with van der Waals surface area (Å²) in [6.07, 6.45) is -2.27. The van der Waals surface area contributed by atoms with E-state index >= 15 is 0 Å². The zero-order valence-electron chi connectivity index (χ0n) is 16.4. The molecule has 1 aliphatic rings. The number of anilines is 1. The number of likely N-dealkylation sites (N-methyl/N-ethyl adjacent to an activating group) is 1. The second-order valence-electron chi connectivity index (χ2n) is 6.98. The molecule has 0 spiro atoms. The van der Waals surface area contributed by atoms with Crippen molar-refractivity contribution in [3.63, 3.8) is 0 Å². The molecule has 0 bridgehead atoms. The number of fused-ring (bicyclic) bond motifs is 1. The lowest BCUT2D eigenvalue weighted by Crippen LogP contribution is -2.40. The molecule has 1 aromatic carbocycles. The lowest BCUT2D eigenvalue weighted by atomic mass is 10.2. The molecule has 0 radical (unpaired) electrons. The number of pyridine rings is 1. The number of rotatable bonds is 4. The molecular weight excluding hydrogens is 417 g/mol. The van der Waals surface area contributed by atoms with Gasteiger partial charge in [0.15, 0.2) is 0 Å². The van der Waals surface area contributed by atoms with Gasteiger partial charge in [0.1, 0.15) is 17.3 Å². The molecule has 0 aliphatic carbocycles. The van der Waals surface area contributed by atoms with Gasteiger partial charge in [-0.3, -0.25) is 4.79 Å². The van der Waals surface area contributed by atoms with Gasteiger partial charge in [0, 0.05) is 45.0 Å². The minimum absolute atomic E-state index is 0.0443. The number of amides is 3. The van der Waals surface area contributed by atoms with E-state index in [4.69, 9.17) is 4.74 Å². The van der Waals surface area contributed by atoms with E-state index in [0.717, 1.165) is 12.1 Å². The van der Waals surface area contributed by atoms with Crippen molar-refractivity contribution in [3.05, 3.63) is 42.4 Å². The van der Waals surface area contributed by atoms with Gasteiger partial charge < -0.3 is 24.8 Å². The largest absolute Gasteiger partial charge is 0.439 e. The van der Waals surface area contributed by atoms with E-state index in [-0.39, 0.29) is 24.2 Å². The first kappa shape index (κ1) is 20.4. The van der Waals surface area contributed by atoms with Crippen LogP contribution in [0.25, 0.3) is 11.0 Å².